The van der Waals surface area contributed by atoms with E-state index in [2.05, 4.69) is 74.4 Å². The fourth-order valence-electron chi connectivity index (χ4n) is 3.00. The van der Waals surface area contributed by atoms with Crippen molar-refractivity contribution in [2.75, 3.05) is 19.7 Å². The Morgan fingerprint density at radius 2 is 1.84 bits per heavy atom. The van der Waals surface area contributed by atoms with Gasteiger partial charge in [-0.15, -0.1) is 0 Å². The number of halogens is 2. The van der Waals surface area contributed by atoms with Crippen molar-refractivity contribution in [1.82, 2.24) is 4.90 Å². The average molecular weight is 662 g/mol. The van der Waals surface area contributed by atoms with Gasteiger partial charge in [-0.2, -0.15) is 0 Å². The summed E-state index contributed by atoms with van der Waals surface area (Å²) in [4.78, 5) is 19.6. The highest BCUT2D eigenvalue weighted by atomic mass is 127. The van der Waals surface area contributed by atoms with Crippen LogP contribution in [-0.2, 0) is 11.4 Å². The van der Waals surface area contributed by atoms with Gasteiger partial charge < -0.3 is 9.47 Å². The van der Waals surface area contributed by atoms with E-state index in [1.54, 1.807) is 4.90 Å². The molecule has 0 bridgehead atoms. The van der Waals surface area contributed by atoms with Crippen LogP contribution in [0.1, 0.15) is 31.9 Å². The first-order valence-electron chi connectivity index (χ1n) is 10.1. The molecule has 31 heavy (non-hydrogen) atoms. The minimum absolute atomic E-state index is 0.00768. The van der Waals surface area contributed by atoms with Gasteiger partial charge in [0.05, 0.1) is 15.1 Å². The first-order valence-corrected chi connectivity index (χ1v) is 13.0. The molecule has 3 rings (SSSR count). The molecule has 0 atom stereocenters. The molecule has 164 valence electrons. The molecule has 1 aliphatic heterocycles. The first-order chi connectivity index (χ1) is 15.0. The highest BCUT2D eigenvalue weighted by Crippen LogP contribution is 2.38. The summed E-state index contributed by atoms with van der Waals surface area (Å²) in [6.07, 6.45) is 1.90. The van der Waals surface area contributed by atoms with Crippen molar-refractivity contribution >= 4 is 74.1 Å². The van der Waals surface area contributed by atoms with Crippen LogP contribution < -0.4 is 9.47 Å². The minimum Gasteiger partial charge on any atom is -0.490 e. The Bertz CT molecular complexity index is 1010. The highest BCUT2D eigenvalue weighted by molar-refractivity contribution is 14.1. The first kappa shape index (κ1) is 24.4. The Balaban J connectivity index is 1.87. The number of amidine groups is 1. The van der Waals surface area contributed by atoms with Gasteiger partial charge in [-0.3, -0.25) is 14.7 Å². The van der Waals surface area contributed by atoms with Crippen LogP contribution in [0.4, 0.5) is 0 Å². The fraction of sp³-hybridized carbons (Fsp3) is 0.304. The van der Waals surface area contributed by atoms with E-state index >= 15 is 0 Å². The van der Waals surface area contributed by atoms with E-state index in [0.717, 1.165) is 25.6 Å². The zero-order valence-electron chi connectivity index (χ0n) is 17.7. The molecular weight excluding hydrogens is 638 g/mol. The zero-order valence-corrected chi connectivity index (χ0v) is 22.8. The molecule has 1 saturated heterocycles. The van der Waals surface area contributed by atoms with Crippen LogP contribution in [0.25, 0.3) is 6.08 Å². The molecule has 1 fully saturated rings. The van der Waals surface area contributed by atoms with Gasteiger partial charge in [-0.05, 0) is 119 Å². The van der Waals surface area contributed by atoms with E-state index in [0.29, 0.717) is 37.0 Å². The Labute approximate surface area is 214 Å². The Morgan fingerprint density at radius 1 is 1.10 bits per heavy atom. The normalized spacial score (nSPS) is 16.4. The maximum absolute atomic E-state index is 12.8. The second-order valence-corrected chi connectivity index (χ2v) is 10.0. The number of aliphatic imine (C=N–C) groups is 1. The van der Waals surface area contributed by atoms with Crippen LogP contribution >= 0.6 is 56.9 Å². The van der Waals surface area contributed by atoms with Gasteiger partial charge in [0.1, 0.15) is 6.61 Å². The maximum Gasteiger partial charge on any atom is 0.266 e. The maximum atomic E-state index is 12.8. The van der Waals surface area contributed by atoms with Gasteiger partial charge in [0, 0.05) is 16.7 Å². The van der Waals surface area contributed by atoms with Crippen molar-refractivity contribution in [2.45, 2.75) is 27.4 Å². The number of thioether (sulfide) groups is 1. The summed E-state index contributed by atoms with van der Waals surface area (Å²) < 4.78 is 14.1. The number of hydrogen-bond donors (Lipinski definition) is 0. The van der Waals surface area contributed by atoms with E-state index in [-0.39, 0.29) is 5.91 Å². The quantitative estimate of drug-likeness (QED) is 0.250. The summed E-state index contributed by atoms with van der Waals surface area (Å²) in [6.45, 7) is 8.13. The number of nitrogens with zero attached hydrogens (tertiary/aromatic N) is 2. The lowest BCUT2D eigenvalue weighted by Crippen LogP contribution is -2.28. The molecule has 0 unspecified atom stereocenters. The van der Waals surface area contributed by atoms with Gasteiger partial charge in [0.2, 0.25) is 0 Å². The van der Waals surface area contributed by atoms with E-state index in [1.165, 1.54) is 15.3 Å². The number of ether oxygens (including phenoxy) is 2. The van der Waals surface area contributed by atoms with Crippen LogP contribution in [-0.4, -0.2) is 35.7 Å². The number of hydrogen-bond acceptors (Lipinski definition) is 5. The molecule has 1 aliphatic rings. The lowest BCUT2D eigenvalue weighted by molar-refractivity contribution is -0.122. The summed E-state index contributed by atoms with van der Waals surface area (Å²) >= 11 is 5.97. The van der Waals surface area contributed by atoms with Crippen molar-refractivity contribution in [2.24, 2.45) is 4.99 Å². The van der Waals surface area contributed by atoms with Crippen molar-refractivity contribution in [3.05, 3.63) is 59.6 Å². The van der Waals surface area contributed by atoms with Crippen LogP contribution in [0.5, 0.6) is 11.5 Å². The van der Waals surface area contributed by atoms with Crippen molar-refractivity contribution in [3.63, 3.8) is 0 Å². The Kier molecular flexibility index (Phi) is 9.08. The molecule has 5 nitrogen and oxygen atoms in total. The monoisotopic (exact) mass is 662 g/mol. The number of likely N-dealkylation sites (N-methyl/N-ethyl adjacent to an activating group) is 1. The van der Waals surface area contributed by atoms with Crippen molar-refractivity contribution in [3.8, 4) is 11.5 Å². The number of carbonyl (C=O) groups excluding carboxylic acids is 1. The average Bonchev–Trinajstić information content (AvgIpc) is 3.03. The van der Waals surface area contributed by atoms with Gasteiger partial charge >= 0.3 is 0 Å². The van der Waals surface area contributed by atoms with Crippen LogP contribution in [0.2, 0.25) is 0 Å². The second kappa shape index (κ2) is 11.6. The van der Waals surface area contributed by atoms with Gasteiger partial charge in [-0.25, -0.2) is 0 Å². The van der Waals surface area contributed by atoms with Crippen LogP contribution in [0, 0.1) is 7.14 Å². The molecule has 0 aromatic heterocycles. The van der Waals surface area contributed by atoms with Crippen LogP contribution in [0.15, 0.2) is 46.3 Å². The summed E-state index contributed by atoms with van der Waals surface area (Å²) in [6, 6.07) is 12.2. The topological polar surface area (TPSA) is 51.1 Å². The molecule has 0 spiro atoms. The molecule has 2 aromatic rings. The number of benzene rings is 2. The predicted octanol–water partition coefficient (Wildman–Crippen LogP) is 6.19. The van der Waals surface area contributed by atoms with Gasteiger partial charge in [0.25, 0.3) is 5.91 Å². The van der Waals surface area contributed by atoms with E-state index < -0.39 is 0 Å². The second-order valence-electron chi connectivity index (χ2n) is 6.60. The third-order valence-corrected chi connectivity index (χ3v) is 6.99. The zero-order chi connectivity index (χ0) is 22.4. The van der Waals surface area contributed by atoms with Crippen LogP contribution in [0.3, 0.4) is 0 Å². The number of carbonyl (C=O) groups is 1. The molecular formula is C23H24I2N2O3S. The fourth-order valence-corrected chi connectivity index (χ4v) is 5.25. The smallest absolute Gasteiger partial charge is 0.266 e. The number of rotatable bonds is 8. The standard InChI is InChI=1S/C23H24I2N2O3S/c1-4-26-23-27(5-2)22(28)20(31-23)13-16-11-18(25)21(19(12-16)29-6-3)30-14-15-7-9-17(24)10-8-15/h7-13H,4-6,14H2,1-3H3/b20-13+,26-23?. The molecule has 8 heteroatoms. The third-order valence-electron chi connectivity index (χ3n) is 4.42. The molecule has 0 aliphatic carbocycles. The number of amides is 1. The third kappa shape index (κ3) is 6.16. The van der Waals surface area contributed by atoms with E-state index in [4.69, 9.17) is 9.47 Å². The SMILES string of the molecule is CCN=C1S/C(=C/c2cc(I)c(OCc3ccc(I)cc3)c(OCC)c2)C(=O)N1CC. The van der Waals surface area contributed by atoms with Crippen molar-refractivity contribution < 1.29 is 14.3 Å². The lowest BCUT2D eigenvalue weighted by atomic mass is 10.1. The summed E-state index contributed by atoms with van der Waals surface area (Å²) in [5.41, 5.74) is 2.00. The Hall–Kier alpha value is -1.27. The summed E-state index contributed by atoms with van der Waals surface area (Å²) in [5.74, 6) is 1.39. The van der Waals surface area contributed by atoms with Gasteiger partial charge in [0.15, 0.2) is 16.7 Å². The summed E-state index contributed by atoms with van der Waals surface area (Å²) in [5, 5.41) is 0.762. The van der Waals surface area contributed by atoms with Crippen molar-refractivity contribution in [1.29, 1.82) is 0 Å². The lowest BCUT2D eigenvalue weighted by Gasteiger charge is -2.15. The van der Waals surface area contributed by atoms with Gasteiger partial charge in [-0.1, -0.05) is 12.1 Å². The van der Waals surface area contributed by atoms with E-state index in [9.17, 15) is 4.79 Å². The molecule has 0 N–H and O–H groups in total. The molecule has 2 aromatic carbocycles. The molecule has 0 radical (unpaired) electrons. The highest BCUT2D eigenvalue weighted by Gasteiger charge is 2.31. The Morgan fingerprint density at radius 3 is 2.48 bits per heavy atom. The molecule has 0 saturated carbocycles. The largest absolute Gasteiger partial charge is 0.490 e. The molecule has 1 heterocycles. The predicted molar refractivity (Wildman–Crippen MR) is 145 cm³/mol. The minimum atomic E-state index is -0.00768. The molecule has 1 amide bonds. The van der Waals surface area contributed by atoms with E-state index in [1.807, 2.05) is 39.0 Å². The summed E-state index contributed by atoms with van der Waals surface area (Å²) in [7, 11) is 0.